The molecule has 0 aliphatic rings. The topological polar surface area (TPSA) is 81.2 Å². The highest BCUT2D eigenvalue weighted by Crippen LogP contribution is 2.34. The van der Waals surface area contributed by atoms with Gasteiger partial charge in [0, 0.05) is 17.4 Å². The van der Waals surface area contributed by atoms with Crippen LogP contribution in [0.25, 0.3) is 11.3 Å². The van der Waals surface area contributed by atoms with Crippen molar-refractivity contribution >= 4 is 26.8 Å². The minimum atomic E-state index is -3.17. The van der Waals surface area contributed by atoms with Gasteiger partial charge in [0.05, 0.1) is 29.6 Å². The summed E-state index contributed by atoms with van der Waals surface area (Å²) < 4.78 is 31.6. The second kappa shape index (κ2) is 9.49. The number of benzene rings is 1. The van der Waals surface area contributed by atoms with E-state index in [2.05, 4.69) is 15.3 Å². The molecule has 6 nitrogen and oxygen atoms in total. The molecule has 1 atom stereocenters. The number of methoxy groups -OCH3 is 1. The zero-order valence-electron chi connectivity index (χ0n) is 17.8. The number of nitrogens with one attached hydrogen (secondary N) is 1. The molecule has 0 aliphatic heterocycles. The lowest BCUT2D eigenvalue weighted by molar-refractivity contribution is 0.0600. The Morgan fingerprint density at radius 2 is 1.91 bits per heavy atom. The van der Waals surface area contributed by atoms with E-state index in [0.29, 0.717) is 16.9 Å². The van der Waals surface area contributed by atoms with Crippen molar-refractivity contribution in [2.75, 3.05) is 12.4 Å². The maximum Gasteiger partial charge on any atom is 0.339 e. The number of anilines is 1. The van der Waals surface area contributed by atoms with Gasteiger partial charge in [-0.15, -0.1) is 0 Å². The molecule has 3 rings (SSSR count). The standard InChI is InChI=1S/C23H22F2N3O3P/c1-4-14-5-7-16(11-18(14)19-9-6-15(12-26-19)22(30)31-3)28-21(29)17-8-10-20(23(24,25)32)27-13(17)2/h5-12H,4,32H2,1-3H3,(H,28,29). The number of halogens is 2. The van der Waals surface area contributed by atoms with Crippen LogP contribution in [-0.2, 0) is 16.8 Å². The molecule has 0 fully saturated rings. The van der Waals surface area contributed by atoms with Gasteiger partial charge in [0.2, 0.25) is 0 Å². The molecule has 0 saturated carbocycles. The second-order valence-electron chi connectivity index (χ2n) is 7.06. The predicted octanol–water partition coefficient (Wildman–Crippen LogP) is 4.98. The van der Waals surface area contributed by atoms with E-state index in [0.717, 1.165) is 23.6 Å². The van der Waals surface area contributed by atoms with E-state index in [1.807, 2.05) is 13.0 Å². The van der Waals surface area contributed by atoms with Gasteiger partial charge in [-0.05, 0) is 55.3 Å². The smallest absolute Gasteiger partial charge is 0.339 e. The van der Waals surface area contributed by atoms with Crippen molar-refractivity contribution in [3.8, 4) is 11.3 Å². The first-order chi connectivity index (χ1) is 15.1. The van der Waals surface area contributed by atoms with Crippen LogP contribution in [0.1, 0.15) is 44.6 Å². The number of aromatic nitrogens is 2. The molecule has 166 valence electrons. The van der Waals surface area contributed by atoms with Crippen LogP contribution in [0.5, 0.6) is 0 Å². The van der Waals surface area contributed by atoms with Gasteiger partial charge in [0.1, 0.15) is 5.69 Å². The summed E-state index contributed by atoms with van der Waals surface area (Å²) >= 11 is 0. The Balaban J connectivity index is 1.88. The van der Waals surface area contributed by atoms with E-state index in [-0.39, 0.29) is 11.3 Å². The molecule has 0 saturated heterocycles. The molecule has 0 aliphatic carbocycles. The van der Waals surface area contributed by atoms with Crippen LogP contribution in [0.4, 0.5) is 14.5 Å². The van der Waals surface area contributed by atoms with Crippen molar-refractivity contribution in [2.24, 2.45) is 0 Å². The van der Waals surface area contributed by atoms with Gasteiger partial charge in [-0.1, -0.05) is 22.2 Å². The molecule has 0 bridgehead atoms. The number of carbonyl (C=O) groups excluding carboxylic acids is 2. The summed E-state index contributed by atoms with van der Waals surface area (Å²) in [6.07, 6.45) is 2.17. The van der Waals surface area contributed by atoms with Crippen LogP contribution in [0.3, 0.4) is 0 Å². The Hall–Kier alpha value is -3.25. The Labute approximate surface area is 186 Å². The number of alkyl halides is 2. The van der Waals surface area contributed by atoms with E-state index >= 15 is 0 Å². The molecule has 1 amide bonds. The minimum absolute atomic E-state index is 0.199. The first-order valence-corrected chi connectivity index (χ1v) is 10.4. The van der Waals surface area contributed by atoms with Crippen LogP contribution in [0.2, 0.25) is 0 Å². The first-order valence-electron chi connectivity index (χ1n) is 9.78. The van der Waals surface area contributed by atoms with E-state index < -0.39 is 23.2 Å². The summed E-state index contributed by atoms with van der Waals surface area (Å²) in [5, 5.41) is 2.78. The quantitative estimate of drug-likeness (QED) is 0.417. The lowest BCUT2D eigenvalue weighted by atomic mass is 10.0. The monoisotopic (exact) mass is 457 g/mol. The summed E-state index contributed by atoms with van der Waals surface area (Å²) in [4.78, 5) is 32.6. The maximum absolute atomic E-state index is 13.4. The zero-order chi connectivity index (χ0) is 23.5. The van der Waals surface area contributed by atoms with E-state index in [1.165, 1.54) is 35.5 Å². The van der Waals surface area contributed by atoms with Gasteiger partial charge in [-0.3, -0.25) is 14.8 Å². The minimum Gasteiger partial charge on any atom is -0.465 e. The van der Waals surface area contributed by atoms with Crippen LogP contribution in [0, 0.1) is 6.92 Å². The van der Waals surface area contributed by atoms with Gasteiger partial charge in [-0.25, -0.2) is 4.79 Å². The fraction of sp³-hybridized carbons (Fsp3) is 0.217. The van der Waals surface area contributed by atoms with Crippen molar-refractivity contribution in [3.05, 3.63) is 76.7 Å². The molecular formula is C23H22F2N3O3P. The lowest BCUT2D eigenvalue weighted by Gasteiger charge is -2.14. The number of nitrogens with zero attached hydrogens (tertiary/aromatic N) is 2. The number of hydrogen-bond acceptors (Lipinski definition) is 5. The van der Waals surface area contributed by atoms with E-state index in [4.69, 9.17) is 4.74 Å². The van der Waals surface area contributed by atoms with Gasteiger partial charge >= 0.3 is 5.97 Å². The van der Waals surface area contributed by atoms with E-state index in [9.17, 15) is 18.4 Å². The van der Waals surface area contributed by atoms with Gasteiger partial charge in [0.25, 0.3) is 11.6 Å². The number of esters is 1. The molecule has 3 aromatic rings. The number of amides is 1. The van der Waals surface area contributed by atoms with Crippen LogP contribution in [0.15, 0.2) is 48.7 Å². The Bertz CT molecular complexity index is 1160. The number of pyridine rings is 2. The highest BCUT2D eigenvalue weighted by atomic mass is 31.0. The van der Waals surface area contributed by atoms with Crippen LogP contribution in [-0.4, -0.2) is 29.0 Å². The summed E-state index contributed by atoms with van der Waals surface area (Å²) in [5.41, 5.74) is 0.101. The average molecular weight is 457 g/mol. The first kappa shape index (κ1) is 23.4. The van der Waals surface area contributed by atoms with Gasteiger partial charge < -0.3 is 10.1 Å². The fourth-order valence-corrected chi connectivity index (χ4v) is 3.34. The summed E-state index contributed by atoms with van der Waals surface area (Å²) in [6, 6.07) is 11.2. The average Bonchev–Trinajstić information content (AvgIpc) is 2.77. The highest BCUT2D eigenvalue weighted by molar-refractivity contribution is 7.17. The highest BCUT2D eigenvalue weighted by Gasteiger charge is 2.27. The molecule has 1 unspecified atom stereocenters. The third-order valence-electron chi connectivity index (χ3n) is 4.88. The molecular weight excluding hydrogens is 435 g/mol. The number of hydrogen-bond donors (Lipinski definition) is 1. The molecule has 0 spiro atoms. The van der Waals surface area contributed by atoms with Gasteiger partial charge in [0.15, 0.2) is 0 Å². The predicted molar refractivity (Wildman–Crippen MR) is 121 cm³/mol. The second-order valence-corrected chi connectivity index (χ2v) is 7.78. The molecule has 9 heteroatoms. The summed E-state index contributed by atoms with van der Waals surface area (Å²) in [7, 11) is 2.73. The Kier molecular flexibility index (Phi) is 6.94. The van der Waals surface area contributed by atoms with Crippen molar-refractivity contribution in [1.29, 1.82) is 0 Å². The lowest BCUT2D eigenvalue weighted by Crippen LogP contribution is -2.16. The van der Waals surface area contributed by atoms with Crippen LogP contribution >= 0.6 is 9.24 Å². The number of rotatable bonds is 6. The fourth-order valence-electron chi connectivity index (χ4n) is 3.18. The van der Waals surface area contributed by atoms with E-state index in [1.54, 1.807) is 24.3 Å². The van der Waals surface area contributed by atoms with Crippen molar-refractivity contribution in [3.63, 3.8) is 0 Å². The SMILES string of the molecule is CCc1ccc(NC(=O)c2ccc(C(F)(F)P)nc2C)cc1-c1ccc(C(=O)OC)cn1. The Morgan fingerprint density at radius 1 is 1.16 bits per heavy atom. The van der Waals surface area contributed by atoms with Crippen molar-refractivity contribution in [1.82, 2.24) is 9.97 Å². The molecule has 0 radical (unpaired) electrons. The number of ether oxygens (including phenoxy) is 1. The third-order valence-corrected chi connectivity index (χ3v) is 5.18. The summed E-state index contributed by atoms with van der Waals surface area (Å²) in [6.45, 7) is 3.51. The number of carbonyl (C=O) groups is 2. The molecule has 2 aromatic heterocycles. The zero-order valence-corrected chi connectivity index (χ0v) is 18.9. The van der Waals surface area contributed by atoms with Crippen LogP contribution < -0.4 is 5.32 Å². The molecule has 32 heavy (non-hydrogen) atoms. The maximum atomic E-state index is 13.4. The Morgan fingerprint density at radius 3 is 2.47 bits per heavy atom. The molecule has 2 heterocycles. The molecule has 1 N–H and O–H groups in total. The summed E-state index contributed by atoms with van der Waals surface area (Å²) in [5.74, 6) is -0.937. The van der Waals surface area contributed by atoms with Crippen molar-refractivity contribution in [2.45, 2.75) is 25.9 Å². The largest absolute Gasteiger partial charge is 0.465 e. The molecule has 1 aromatic carbocycles. The normalized spacial score (nSPS) is 11.2. The third kappa shape index (κ3) is 5.14. The van der Waals surface area contributed by atoms with Crippen molar-refractivity contribution < 1.29 is 23.1 Å². The number of aryl methyl sites for hydroxylation is 2. The van der Waals surface area contributed by atoms with Gasteiger partial charge in [-0.2, -0.15) is 8.78 Å².